The molecule has 0 unspecified atom stereocenters. The molecule has 27 heavy (non-hydrogen) atoms. The van der Waals surface area contributed by atoms with Gasteiger partial charge in [-0.3, -0.25) is 4.90 Å². The number of likely N-dealkylation sites (tertiary alicyclic amines) is 1. The highest BCUT2D eigenvalue weighted by Crippen LogP contribution is 2.29. The number of benzene rings is 1. The van der Waals surface area contributed by atoms with Crippen LogP contribution in [0.25, 0.3) is 11.3 Å². The maximum absolute atomic E-state index is 13.9. The Morgan fingerprint density at radius 3 is 2.85 bits per heavy atom. The largest absolute Gasteiger partial charge is 0.460 e. The van der Waals surface area contributed by atoms with Gasteiger partial charge in [-0.1, -0.05) is 12.1 Å². The van der Waals surface area contributed by atoms with Gasteiger partial charge in [0.1, 0.15) is 29.8 Å². The highest BCUT2D eigenvalue weighted by atomic mass is 19.1. The molecule has 7 heteroatoms. The first-order chi connectivity index (χ1) is 13.2. The van der Waals surface area contributed by atoms with E-state index in [1.54, 1.807) is 18.2 Å². The molecule has 4 rings (SSSR count). The average molecular weight is 370 g/mol. The van der Waals surface area contributed by atoms with E-state index in [-0.39, 0.29) is 18.3 Å². The molecular weight excluding hydrogens is 347 g/mol. The SMILES string of the molecule is Cn1c(CO)nnc1[C@H]1CCCN(Cc2ccc(-c3ccccc3F)o2)C1. The molecule has 142 valence electrons. The Labute approximate surface area is 157 Å². The number of hydrogen-bond donors (Lipinski definition) is 1. The van der Waals surface area contributed by atoms with Gasteiger partial charge in [0.15, 0.2) is 5.82 Å². The lowest BCUT2D eigenvalue weighted by molar-refractivity contribution is 0.182. The van der Waals surface area contributed by atoms with Gasteiger partial charge < -0.3 is 14.1 Å². The zero-order chi connectivity index (χ0) is 18.8. The van der Waals surface area contributed by atoms with Crippen molar-refractivity contribution in [3.8, 4) is 11.3 Å². The van der Waals surface area contributed by atoms with Crippen LogP contribution in [0.4, 0.5) is 4.39 Å². The molecule has 6 nitrogen and oxygen atoms in total. The lowest BCUT2D eigenvalue weighted by Crippen LogP contribution is -2.34. The van der Waals surface area contributed by atoms with E-state index in [9.17, 15) is 9.50 Å². The number of nitrogens with zero attached hydrogens (tertiary/aromatic N) is 4. The number of aliphatic hydroxyl groups excluding tert-OH is 1. The first-order valence-corrected chi connectivity index (χ1v) is 9.20. The van der Waals surface area contributed by atoms with Crippen LogP contribution in [0.5, 0.6) is 0 Å². The summed E-state index contributed by atoms with van der Waals surface area (Å²) in [5.74, 6) is 2.87. The van der Waals surface area contributed by atoms with E-state index >= 15 is 0 Å². The quantitative estimate of drug-likeness (QED) is 0.748. The van der Waals surface area contributed by atoms with Crippen molar-refractivity contribution >= 4 is 0 Å². The van der Waals surface area contributed by atoms with Gasteiger partial charge in [0.05, 0.1) is 12.1 Å². The number of aliphatic hydroxyl groups is 1. The van der Waals surface area contributed by atoms with Crippen LogP contribution >= 0.6 is 0 Å². The fourth-order valence-corrected chi connectivity index (χ4v) is 3.77. The molecule has 0 amide bonds. The number of piperidine rings is 1. The van der Waals surface area contributed by atoms with Crippen molar-refractivity contribution in [3.63, 3.8) is 0 Å². The molecule has 1 saturated heterocycles. The molecule has 1 atom stereocenters. The van der Waals surface area contributed by atoms with E-state index < -0.39 is 0 Å². The molecule has 1 N–H and O–H groups in total. The standard InChI is InChI=1S/C20H23FN4O2/c1-24-19(13-26)22-23-20(24)14-5-4-10-25(11-14)12-15-8-9-18(27-15)16-6-2-3-7-17(16)21/h2-3,6-9,14,26H,4-5,10-13H2,1H3/t14-/m0/s1. The smallest absolute Gasteiger partial charge is 0.158 e. The summed E-state index contributed by atoms with van der Waals surface area (Å²) in [5, 5.41) is 17.6. The minimum absolute atomic E-state index is 0.106. The molecule has 0 bridgehead atoms. The zero-order valence-corrected chi connectivity index (χ0v) is 15.3. The molecule has 1 aromatic carbocycles. The summed E-state index contributed by atoms with van der Waals surface area (Å²) in [5.41, 5.74) is 0.482. The third kappa shape index (κ3) is 3.65. The molecule has 0 saturated carbocycles. The van der Waals surface area contributed by atoms with Crippen molar-refractivity contribution in [2.45, 2.75) is 31.9 Å². The molecule has 3 heterocycles. The number of halogens is 1. The predicted molar refractivity (Wildman–Crippen MR) is 98.3 cm³/mol. The molecule has 1 aliphatic heterocycles. The second kappa shape index (κ2) is 7.62. The summed E-state index contributed by atoms with van der Waals surface area (Å²) in [6.45, 7) is 2.41. The highest BCUT2D eigenvalue weighted by molar-refractivity contribution is 5.58. The number of hydrogen-bond acceptors (Lipinski definition) is 5. The monoisotopic (exact) mass is 370 g/mol. The highest BCUT2D eigenvalue weighted by Gasteiger charge is 2.26. The average Bonchev–Trinajstić information content (AvgIpc) is 3.29. The lowest BCUT2D eigenvalue weighted by Gasteiger charge is -2.31. The normalized spacial score (nSPS) is 18.1. The van der Waals surface area contributed by atoms with Crippen molar-refractivity contribution < 1.29 is 13.9 Å². The molecule has 0 radical (unpaired) electrons. The van der Waals surface area contributed by atoms with Crippen molar-refractivity contribution in [1.82, 2.24) is 19.7 Å². The number of aromatic nitrogens is 3. The second-order valence-corrected chi connectivity index (χ2v) is 7.01. The van der Waals surface area contributed by atoms with Gasteiger partial charge in [-0.2, -0.15) is 0 Å². The topological polar surface area (TPSA) is 67.3 Å². The van der Waals surface area contributed by atoms with Crippen LogP contribution in [0.2, 0.25) is 0 Å². The van der Waals surface area contributed by atoms with Crippen molar-refractivity contribution in [1.29, 1.82) is 0 Å². The molecule has 3 aromatic rings. The van der Waals surface area contributed by atoms with Crippen molar-refractivity contribution in [2.24, 2.45) is 7.05 Å². The van der Waals surface area contributed by atoms with Crippen LogP contribution in [-0.2, 0) is 20.2 Å². The Balaban J connectivity index is 1.45. The van der Waals surface area contributed by atoms with Crippen LogP contribution in [0, 0.1) is 5.82 Å². The van der Waals surface area contributed by atoms with Crippen LogP contribution in [-0.4, -0.2) is 37.9 Å². The van der Waals surface area contributed by atoms with E-state index in [0.717, 1.165) is 37.5 Å². The Bertz CT molecular complexity index is 920. The summed E-state index contributed by atoms with van der Waals surface area (Å²) in [6, 6.07) is 10.4. The van der Waals surface area contributed by atoms with Gasteiger partial charge in [0.25, 0.3) is 0 Å². The number of rotatable bonds is 5. The third-order valence-corrected chi connectivity index (χ3v) is 5.19. The predicted octanol–water partition coefficient (Wildman–Crippen LogP) is 3.09. The van der Waals surface area contributed by atoms with Crippen molar-refractivity contribution in [3.05, 3.63) is 59.6 Å². The molecule has 0 aliphatic carbocycles. The molecule has 0 spiro atoms. The minimum Gasteiger partial charge on any atom is -0.460 e. The third-order valence-electron chi connectivity index (χ3n) is 5.19. The van der Waals surface area contributed by atoms with Gasteiger partial charge in [-0.05, 0) is 43.7 Å². The van der Waals surface area contributed by atoms with E-state index in [4.69, 9.17) is 4.42 Å². The van der Waals surface area contributed by atoms with Gasteiger partial charge in [0.2, 0.25) is 0 Å². The molecular formula is C20H23FN4O2. The summed E-state index contributed by atoms with van der Waals surface area (Å²) >= 11 is 0. The van der Waals surface area contributed by atoms with E-state index in [0.29, 0.717) is 23.7 Å². The van der Waals surface area contributed by atoms with E-state index in [2.05, 4.69) is 15.1 Å². The molecule has 1 aliphatic rings. The summed E-state index contributed by atoms with van der Waals surface area (Å²) in [7, 11) is 1.90. The van der Waals surface area contributed by atoms with Gasteiger partial charge in [0, 0.05) is 19.5 Å². The summed E-state index contributed by atoms with van der Waals surface area (Å²) in [6.07, 6.45) is 2.11. The molecule has 1 fully saturated rings. The summed E-state index contributed by atoms with van der Waals surface area (Å²) < 4.78 is 21.7. The lowest BCUT2D eigenvalue weighted by atomic mass is 9.97. The van der Waals surface area contributed by atoms with Crippen LogP contribution < -0.4 is 0 Å². The van der Waals surface area contributed by atoms with Gasteiger partial charge in [-0.25, -0.2) is 4.39 Å². The maximum Gasteiger partial charge on any atom is 0.158 e. The van der Waals surface area contributed by atoms with Crippen LogP contribution in [0.3, 0.4) is 0 Å². The fourth-order valence-electron chi connectivity index (χ4n) is 3.77. The van der Waals surface area contributed by atoms with Gasteiger partial charge in [-0.15, -0.1) is 10.2 Å². The Morgan fingerprint density at radius 2 is 2.07 bits per heavy atom. The minimum atomic E-state index is -0.279. The van der Waals surface area contributed by atoms with E-state index in [1.165, 1.54) is 6.07 Å². The molecule has 2 aromatic heterocycles. The first kappa shape index (κ1) is 17.9. The Hall–Kier alpha value is -2.51. The summed E-state index contributed by atoms with van der Waals surface area (Å²) in [4.78, 5) is 2.32. The maximum atomic E-state index is 13.9. The Kier molecular flexibility index (Phi) is 5.05. The fraction of sp³-hybridized carbons (Fsp3) is 0.400. The first-order valence-electron chi connectivity index (χ1n) is 9.20. The Morgan fingerprint density at radius 1 is 1.22 bits per heavy atom. The van der Waals surface area contributed by atoms with Crippen LogP contribution in [0.1, 0.15) is 36.2 Å². The second-order valence-electron chi connectivity index (χ2n) is 7.01. The van der Waals surface area contributed by atoms with Gasteiger partial charge >= 0.3 is 0 Å². The van der Waals surface area contributed by atoms with E-state index in [1.807, 2.05) is 23.7 Å². The number of furan rings is 1. The van der Waals surface area contributed by atoms with Crippen LogP contribution in [0.15, 0.2) is 40.8 Å². The van der Waals surface area contributed by atoms with Crippen molar-refractivity contribution in [2.75, 3.05) is 13.1 Å². The zero-order valence-electron chi connectivity index (χ0n) is 15.3.